The van der Waals surface area contributed by atoms with Crippen LogP contribution >= 0.6 is 0 Å². The molecule has 0 aromatic carbocycles. The summed E-state index contributed by atoms with van der Waals surface area (Å²) >= 11 is 0. The van der Waals surface area contributed by atoms with Crippen molar-refractivity contribution in [3.63, 3.8) is 0 Å². The highest BCUT2D eigenvalue weighted by Gasteiger charge is 2.60. The van der Waals surface area contributed by atoms with E-state index in [0.29, 0.717) is 18.7 Å². The zero-order valence-corrected chi connectivity index (χ0v) is 20.2. The molecule has 0 unspecified atom stereocenters. The maximum absolute atomic E-state index is 13.7. The van der Waals surface area contributed by atoms with Crippen LogP contribution in [-0.4, -0.2) is 80.4 Å². The predicted octanol–water partition coefficient (Wildman–Crippen LogP) is 1.90. The van der Waals surface area contributed by atoms with E-state index in [1.54, 1.807) is 6.92 Å². The van der Waals surface area contributed by atoms with Crippen LogP contribution in [0, 0.1) is 11.7 Å². The number of alkyl halides is 1. The van der Waals surface area contributed by atoms with Gasteiger partial charge in [-0.05, 0) is 44.9 Å². The molecular formula is C21H30F2N4O6S. The molecule has 0 bridgehead atoms. The van der Waals surface area contributed by atoms with E-state index >= 15 is 0 Å². The van der Waals surface area contributed by atoms with Gasteiger partial charge in [-0.25, -0.2) is 27.3 Å². The van der Waals surface area contributed by atoms with Gasteiger partial charge in [0, 0.05) is 17.5 Å². The highest BCUT2D eigenvalue weighted by molar-refractivity contribution is 7.89. The smallest absolute Gasteiger partial charge is 0.410 e. The number of carbonyl (C=O) groups is 1. The zero-order valence-electron chi connectivity index (χ0n) is 19.4. The first-order valence-electron chi connectivity index (χ1n) is 11.2. The number of rotatable bonds is 8. The van der Waals surface area contributed by atoms with Gasteiger partial charge in [-0.2, -0.15) is 9.37 Å². The summed E-state index contributed by atoms with van der Waals surface area (Å²) in [7, 11) is -1.49. The molecule has 1 N–H and O–H groups in total. The Labute approximate surface area is 197 Å². The van der Waals surface area contributed by atoms with E-state index in [9.17, 15) is 22.0 Å². The molecule has 4 rings (SSSR count). The number of likely N-dealkylation sites (tertiary alicyclic amines) is 1. The average molecular weight is 505 g/mol. The molecule has 2 heterocycles. The maximum Gasteiger partial charge on any atom is 0.410 e. The molecule has 1 aromatic heterocycles. The summed E-state index contributed by atoms with van der Waals surface area (Å²) in [5, 5.41) is 0. The van der Waals surface area contributed by atoms with E-state index in [1.165, 1.54) is 19.1 Å². The third-order valence-electron chi connectivity index (χ3n) is 7.30. The van der Waals surface area contributed by atoms with E-state index in [1.807, 2.05) is 0 Å². The lowest BCUT2D eigenvalue weighted by Crippen LogP contribution is -2.50. The highest BCUT2D eigenvalue weighted by Crippen LogP contribution is 2.61. The minimum Gasteiger partial charge on any atom is -0.479 e. The molecule has 13 heteroatoms. The molecule has 1 amide bonds. The third-order valence-corrected chi connectivity index (χ3v) is 8.25. The van der Waals surface area contributed by atoms with Crippen molar-refractivity contribution in [3.05, 3.63) is 17.8 Å². The van der Waals surface area contributed by atoms with Crippen LogP contribution in [-0.2, 0) is 24.9 Å². The first-order chi connectivity index (χ1) is 16.1. The number of aromatic nitrogens is 2. The van der Waals surface area contributed by atoms with Crippen LogP contribution in [0.1, 0.15) is 44.9 Å². The maximum atomic E-state index is 13.7. The lowest BCUT2D eigenvalue weighted by atomic mass is 9.86. The van der Waals surface area contributed by atoms with E-state index in [-0.39, 0.29) is 36.0 Å². The van der Waals surface area contributed by atoms with Crippen molar-refractivity contribution in [2.45, 2.75) is 68.7 Å². The molecule has 3 fully saturated rings. The minimum absolute atomic E-state index is 0.0663. The van der Waals surface area contributed by atoms with Crippen molar-refractivity contribution in [2.75, 3.05) is 26.8 Å². The fraction of sp³-hybridized carbons (Fsp3) is 0.762. The Kier molecular flexibility index (Phi) is 6.98. The van der Waals surface area contributed by atoms with Gasteiger partial charge in [0.1, 0.15) is 5.82 Å². The molecular weight excluding hydrogens is 474 g/mol. The molecule has 2 saturated carbocycles. The Bertz CT molecular complexity index is 1030. The summed E-state index contributed by atoms with van der Waals surface area (Å²) in [6, 6.07) is -3.15. The Hall–Kier alpha value is -2.12. The van der Waals surface area contributed by atoms with E-state index < -0.39 is 40.0 Å². The molecule has 6 atom stereocenters. The van der Waals surface area contributed by atoms with Crippen LogP contribution in [0.5, 0.6) is 5.88 Å². The molecule has 1 aliphatic heterocycles. The molecule has 3 aliphatic rings. The molecule has 0 spiro atoms. The molecule has 1 aromatic rings. The van der Waals surface area contributed by atoms with Crippen molar-refractivity contribution in [3.8, 4) is 5.88 Å². The average Bonchev–Trinajstić information content (AvgIpc) is 3.47. The molecule has 10 nitrogen and oxygen atoms in total. The van der Waals surface area contributed by atoms with Crippen LogP contribution in [0.4, 0.5) is 13.6 Å². The van der Waals surface area contributed by atoms with Gasteiger partial charge in [0.25, 0.3) is 5.88 Å². The normalized spacial score (nSPS) is 32.9. The van der Waals surface area contributed by atoms with Crippen molar-refractivity contribution >= 4 is 16.1 Å². The fourth-order valence-corrected chi connectivity index (χ4v) is 6.30. The van der Waals surface area contributed by atoms with Gasteiger partial charge in [0.05, 0.1) is 39.2 Å². The number of carbonyl (C=O) groups excluding carboxylic acids is 1. The van der Waals surface area contributed by atoms with E-state index in [0.717, 1.165) is 25.5 Å². The van der Waals surface area contributed by atoms with Crippen LogP contribution < -0.4 is 9.46 Å². The largest absolute Gasteiger partial charge is 0.479 e. The molecule has 34 heavy (non-hydrogen) atoms. The monoisotopic (exact) mass is 504 g/mol. The summed E-state index contributed by atoms with van der Waals surface area (Å²) in [5.41, 5.74) is -0.208. The molecule has 2 aliphatic carbocycles. The fourth-order valence-electron chi connectivity index (χ4n) is 5.52. The molecule has 1 saturated heterocycles. The minimum atomic E-state index is -4.11. The Morgan fingerprint density at radius 1 is 1.35 bits per heavy atom. The van der Waals surface area contributed by atoms with Crippen LogP contribution in [0.2, 0.25) is 0 Å². The van der Waals surface area contributed by atoms with Gasteiger partial charge in [0.15, 0.2) is 0 Å². The van der Waals surface area contributed by atoms with Crippen molar-refractivity contribution < 1.29 is 36.2 Å². The number of fused-ring (bicyclic) bond motifs is 1. The first-order valence-corrected chi connectivity index (χ1v) is 12.9. The Morgan fingerprint density at radius 3 is 2.76 bits per heavy atom. The number of amides is 1. The number of ether oxygens (including phenoxy) is 3. The third kappa shape index (κ3) is 4.69. The summed E-state index contributed by atoms with van der Waals surface area (Å²) in [5.74, 6) is 0.192. The van der Waals surface area contributed by atoms with Gasteiger partial charge in [-0.3, -0.25) is 4.90 Å². The number of nitrogens with zero attached hydrogens (tertiary/aromatic N) is 3. The summed E-state index contributed by atoms with van der Waals surface area (Å²) in [6.07, 6.45) is 3.85. The van der Waals surface area contributed by atoms with Gasteiger partial charge in [0.2, 0.25) is 21.8 Å². The predicted molar refractivity (Wildman–Crippen MR) is 116 cm³/mol. The SMILES string of the molecule is COC(=O)N1[C@H](C)C[C@H](NS(=O)(=O)CF)[C@@H]1CO[C@H]1CC[C@@]2(c3ncc(F)c(OC)n3)C[C@H]2C1. The second-order valence-electron chi connectivity index (χ2n) is 9.32. The number of halogens is 2. The number of hydrogen-bond acceptors (Lipinski definition) is 8. The van der Waals surface area contributed by atoms with Gasteiger partial charge >= 0.3 is 6.09 Å². The number of sulfonamides is 1. The van der Waals surface area contributed by atoms with Gasteiger partial charge < -0.3 is 14.2 Å². The topological polar surface area (TPSA) is 120 Å². The number of nitrogens with one attached hydrogen (secondary N) is 1. The summed E-state index contributed by atoms with van der Waals surface area (Å²) in [6.45, 7) is 1.87. The standard InChI is InChI=1S/C21H30F2N4O6S/c1-12-6-16(26-34(29,30)11-22)17(27(12)20(28)32-3)10-33-14-4-5-21(8-13(21)7-14)19-24-9-15(23)18(25-19)31-2/h9,12-14,16-17,26H,4-8,10-11H2,1-3H3/t12-,13-,14+,16+,17+,21-/m1/s1. The van der Waals surface area contributed by atoms with Gasteiger partial charge in [-0.1, -0.05) is 0 Å². The van der Waals surface area contributed by atoms with Gasteiger partial charge in [-0.15, -0.1) is 0 Å². The lowest BCUT2D eigenvalue weighted by Gasteiger charge is -2.32. The van der Waals surface area contributed by atoms with Crippen LogP contribution in [0.3, 0.4) is 0 Å². The highest BCUT2D eigenvalue weighted by atomic mass is 32.2. The van der Waals surface area contributed by atoms with Crippen molar-refractivity contribution in [1.82, 2.24) is 19.6 Å². The zero-order chi connectivity index (χ0) is 24.7. The van der Waals surface area contributed by atoms with Crippen molar-refractivity contribution in [2.24, 2.45) is 5.92 Å². The molecule has 190 valence electrons. The lowest BCUT2D eigenvalue weighted by molar-refractivity contribution is -0.0103. The second-order valence-corrected chi connectivity index (χ2v) is 11.0. The summed E-state index contributed by atoms with van der Waals surface area (Å²) in [4.78, 5) is 22.3. The van der Waals surface area contributed by atoms with E-state index in [4.69, 9.17) is 14.2 Å². The van der Waals surface area contributed by atoms with Crippen molar-refractivity contribution in [1.29, 1.82) is 0 Å². The summed E-state index contributed by atoms with van der Waals surface area (Å²) < 4.78 is 68.7. The Balaban J connectivity index is 1.41. The van der Waals surface area contributed by atoms with E-state index in [2.05, 4.69) is 14.7 Å². The number of hydrogen-bond donors (Lipinski definition) is 1. The van der Waals surface area contributed by atoms with Crippen LogP contribution in [0.25, 0.3) is 0 Å². The second kappa shape index (κ2) is 9.50. The Morgan fingerprint density at radius 2 is 2.12 bits per heavy atom. The quantitative estimate of drug-likeness (QED) is 0.570. The first kappa shape index (κ1) is 25.0. The van der Waals surface area contributed by atoms with Crippen LogP contribution in [0.15, 0.2) is 6.20 Å². The number of methoxy groups -OCH3 is 2. The molecule has 0 radical (unpaired) electrons.